The van der Waals surface area contributed by atoms with Gasteiger partial charge in [0, 0.05) is 0 Å². The van der Waals surface area contributed by atoms with Gasteiger partial charge >= 0.3 is 0 Å². The maximum atomic E-state index is 12.0. The number of halogens is 2. The average molecular weight is 191 g/mol. The maximum Gasteiger partial charge on any atom is 0.181 e. The Kier molecular flexibility index (Phi) is 3.72. The summed E-state index contributed by atoms with van der Waals surface area (Å²) in [5, 5.41) is 0. The van der Waals surface area contributed by atoms with Gasteiger partial charge in [0.05, 0.1) is 24.3 Å². The van der Waals surface area contributed by atoms with Crippen LogP contribution in [0.4, 0.5) is 7.77 Å². The Balaban J connectivity index is 2.74. The van der Waals surface area contributed by atoms with Crippen LogP contribution in [0.2, 0.25) is 0 Å². The monoisotopic (exact) mass is 191 g/mol. The lowest BCUT2D eigenvalue weighted by Crippen LogP contribution is -1.83. The summed E-state index contributed by atoms with van der Waals surface area (Å²) in [6, 6.07) is 8.60. The Morgan fingerprint density at radius 1 is 1.00 bits per heavy atom. The Morgan fingerprint density at radius 3 is 2.00 bits per heavy atom. The van der Waals surface area contributed by atoms with Gasteiger partial charge in [-0.2, -0.15) is 7.77 Å². The van der Waals surface area contributed by atoms with Crippen LogP contribution < -0.4 is 0 Å². The van der Waals surface area contributed by atoms with E-state index in [9.17, 15) is 7.77 Å². The van der Waals surface area contributed by atoms with Crippen molar-refractivity contribution in [1.82, 2.24) is 0 Å². The van der Waals surface area contributed by atoms with Gasteiger partial charge in [-0.25, -0.2) is 0 Å². The molecule has 0 saturated carbocycles. The van der Waals surface area contributed by atoms with Crippen LogP contribution in [0.15, 0.2) is 30.3 Å². The molecule has 0 aliphatic rings. The molecule has 0 heterocycles. The summed E-state index contributed by atoms with van der Waals surface area (Å²) in [7, 11) is 0. The third kappa shape index (κ3) is 2.38. The van der Waals surface area contributed by atoms with Gasteiger partial charge in [-0.1, -0.05) is 30.3 Å². The zero-order chi connectivity index (χ0) is 8.10. The van der Waals surface area contributed by atoms with E-state index in [-0.39, 0.29) is 28.9 Å². The summed E-state index contributed by atoms with van der Waals surface area (Å²) in [6.07, 6.45) is 0. The summed E-state index contributed by atoms with van der Waals surface area (Å²) < 4.78 is 24.0. The third-order valence-corrected chi connectivity index (χ3v) is 2.28. The zero-order valence-corrected chi connectivity index (χ0v) is 7.09. The molecule has 59 valence electrons. The van der Waals surface area contributed by atoms with E-state index < -0.39 is 0 Å². The van der Waals surface area contributed by atoms with Crippen LogP contribution in [-0.2, 0) is 0 Å². The second kappa shape index (κ2) is 4.62. The molecule has 0 saturated heterocycles. The quantitative estimate of drug-likeness (QED) is 0.713. The standard InChI is InChI=1S/C7H5F2S2/c8-10-7(11-9)6-4-2-1-3-5-6/h1-5H. The second-order valence-corrected chi connectivity index (χ2v) is 3.19. The zero-order valence-electron chi connectivity index (χ0n) is 5.46. The second-order valence-electron chi connectivity index (χ2n) is 1.81. The minimum Gasteiger partial charge on any atom is -0.163 e. The van der Waals surface area contributed by atoms with E-state index in [1.54, 1.807) is 30.3 Å². The first-order valence-corrected chi connectivity index (χ1v) is 4.31. The normalized spacial score (nSPS) is 10.5. The molecule has 0 aromatic heterocycles. The highest BCUT2D eigenvalue weighted by atomic mass is 32.2. The predicted octanol–water partition coefficient (Wildman–Crippen LogP) is 3.76. The van der Waals surface area contributed by atoms with Crippen LogP contribution in [0.1, 0.15) is 5.56 Å². The maximum absolute atomic E-state index is 12.0. The number of benzene rings is 1. The van der Waals surface area contributed by atoms with E-state index >= 15 is 0 Å². The van der Waals surface area contributed by atoms with E-state index in [0.29, 0.717) is 5.56 Å². The average Bonchev–Trinajstić information content (AvgIpc) is 2.09. The van der Waals surface area contributed by atoms with E-state index in [4.69, 9.17) is 0 Å². The van der Waals surface area contributed by atoms with Crippen molar-refractivity contribution in [1.29, 1.82) is 0 Å². The largest absolute Gasteiger partial charge is 0.181 e. The van der Waals surface area contributed by atoms with Crippen molar-refractivity contribution in [3.05, 3.63) is 40.5 Å². The molecule has 1 rings (SSSR count). The molecule has 0 nitrogen and oxygen atoms in total. The summed E-state index contributed by atoms with van der Waals surface area (Å²) in [4.78, 5) is 0. The van der Waals surface area contributed by atoms with Gasteiger partial charge < -0.3 is 0 Å². The molecule has 4 heteroatoms. The van der Waals surface area contributed by atoms with Crippen molar-refractivity contribution in [3.8, 4) is 0 Å². The molecule has 0 amide bonds. The molecular formula is C7H5F2S2. The number of hydrogen-bond acceptors (Lipinski definition) is 2. The van der Waals surface area contributed by atoms with Gasteiger partial charge in [0.15, 0.2) is 4.58 Å². The summed E-state index contributed by atoms with van der Waals surface area (Å²) >= 11 is -0.145. The van der Waals surface area contributed by atoms with Crippen molar-refractivity contribution < 1.29 is 7.77 Å². The highest BCUT2D eigenvalue weighted by Crippen LogP contribution is 2.39. The number of rotatable bonds is 3. The fourth-order valence-corrected chi connectivity index (χ4v) is 1.22. The van der Waals surface area contributed by atoms with E-state index in [1.807, 2.05) is 0 Å². The van der Waals surface area contributed by atoms with Crippen molar-refractivity contribution in [3.63, 3.8) is 0 Å². The molecule has 0 N–H and O–H groups in total. The van der Waals surface area contributed by atoms with E-state index in [0.717, 1.165) is 0 Å². The fourth-order valence-electron chi connectivity index (χ4n) is 0.675. The predicted molar refractivity (Wildman–Crippen MR) is 46.2 cm³/mol. The van der Waals surface area contributed by atoms with Gasteiger partial charge in [-0.3, -0.25) is 0 Å². The summed E-state index contributed by atoms with van der Waals surface area (Å²) in [5.41, 5.74) is 0.576. The van der Waals surface area contributed by atoms with Gasteiger partial charge in [-0.05, 0) is 5.56 Å². The minimum atomic E-state index is -0.0724. The molecule has 1 aromatic rings. The lowest BCUT2D eigenvalue weighted by molar-refractivity contribution is 0.929. The molecular weight excluding hydrogens is 186 g/mol. The molecule has 0 aliphatic heterocycles. The van der Waals surface area contributed by atoms with Crippen LogP contribution in [0, 0.1) is 4.58 Å². The van der Waals surface area contributed by atoms with Gasteiger partial charge in [0.25, 0.3) is 0 Å². The molecule has 0 aliphatic carbocycles. The van der Waals surface area contributed by atoms with Crippen molar-refractivity contribution in [2.24, 2.45) is 0 Å². The van der Waals surface area contributed by atoms with Crippen LogP contribution in [0.5, 0.6) is 0 Å². The lowest BCUT2D eigenvalue weighted by Gasteiger charge is -2.02. The topological polar surface area (TPSA) is 0 Å². The summed E-state index contributed by atoms with van der Waals surface area (Å²) in [5.74, 6) is 0. The highest BCUT2D eigenvalue weighted by Gasteiger charge is 2.14. The molecule has 1 radical (unpaired) electrons. The van der Waals surface area contributed by atoms with Crippen molar-refractivity contribution >= 4 is 24.3 Å². The van der Waals surface area contributed by atoms with Gasteiger partial charge in [0.1, 0.15) is 0 Å². The Labute approximate surface area is 73.0 Å². The molecule has 11 heavy (non-hydrogen) atoms. The minimum absolute atomic E-state index is 0.0469. The first-order chi connectivity index (χ1) is 5.38. The molecule has 0 unspecified atom stereocenters. The van der Waals surface area contributed by atoms with Crippen LogP contribution >= 0.6 is 24.3 Å². The van der Waals surface area contributed by atoms with Crippen LogP contribution in [-0.4, -0.2) is 0 Å². The molecule has 0 bridgehead atoms. The first-order valence-electron chi connectivity index (χ1n) is 2.88. The van der Waals surface area contributed by atoms with Crippen LogP contribution in [0.3, 0.4) is 0 Å². The lowest BCUT2D eigenvalue weighted by atomic mass is 10.2. The van der Waals surface area contributed by atoms with Crippen molar-refractivity contribution in [2.75, 3.05) is 0 Å². The SMILES string of the molecule is FS[C](SF)c1ccccc1. The molecule has 0 fully saturated rings. The van der Waals surface area contributed by atoms with Crippen LogP contribution in [0.25, 0.3) is 0 Å². The molecule has 0 atom stereocenters. The Morgan fingerprint density at radius 2 is 1.55 bits per heavy atom. The van der Waals surface area contributed by atoms with Gasteiger partial charge in [-0.15, -0.1) is 0 Å². The molecule has 0 spiro atoms. The van der Waals surface area contributed by atoms with Crippen molar-refractivity contribution in [2.45, 2.75) is 0 Å². The van der Waals surface area contributed by atoms with Gasteiger partial charge in [0.2, 0.25) is 0 Å². The Hall–Kier alpha value is -0.220. The Bertz CT molecular complexity index is 199. The smallest absolute Gasteiger partial charge is 0.163 e. The molecule has 1 aromatic carbocycles. The third-order valence-electron chi connectivity index (χ3n) is 1.15. The van der Waals surface area contributed by atoms with E-state index in [2.05, 4.69) is 0 Å². The first kappa shape index (κ1) is 8.87. The fraction of sp³-hybridized carbons (Fsp3) is 0. The highest BCUT2D eigenvalue weighted by molar-refractivity contribution is 8.16. The summed E-state index contributed by atoms with van der Waals surface area (Å²) in [6.45, 7) is 0. The van der Waals surface area contributed by atoms with E-state index in [1.165, 1.54) is 0 Å². The number of hydrogen-bond donors (Lipinski definition) is 0.